The first-order chi connectivity index (χ1) is 7.69. The zero-order valence-electron chi connectivity index (χ0n) is 9.11. The quantitative estimate of drug-likeness (QED) is 0.747. The molecule has 82 valence electrons. The van der Waals surface area contributed by atoms with Crippen molar-refractivity contribution in [2.75, 3.05) is 0 Å². The van der Waals surface area contributed by atoms with Crippen molar-refractivity contribution in [3.8, 4) is 5.75 Å². The zero-order valence-corrected chi connectivity index (χ0v) is 10.7. The third kappa shape index (κ3) is 2.45. The van der Waals surface area contributed by atoms with Crippen molar-refractivity contribution < 1.29 is 4.74 Å². The summed E-state index contributed by atoms with van der Waals surface area (Å²) in [5, 5.41) is 2.38. The van der Waals surface area contributed by atoms with E-state index in [1.54, 1.807) is 6.08 Å². The number of rotatable bonds is 3. The van der Waals surface area contributed by atoms with Gasteiger partial charge in [-0.3, -0.25) is 0 Å². The first kappa shape index (κ1) is 11.2. The van der Waals surface area contributed by atoms with E-state index in [1.165, 1.54) is 10.8 Å². The molecule has 0 spiro atoms. The highest BCUT2D eigenvalue weighted by atomic mass is 79.9. The van der Waals surface area contributed by atoms with E-state index in [0.717, 1.165) is 10.2 Å². The van der Waals surface area contributed by atoms with Gasteiger partial charge in [-0.05, 0) is 42.0 Å². The van der Waals surface area contributed by atoms with Crippen LogP contribution in [0.3, 0.4) is 0 Å². The van der Waals surface area contributed by atoms with Gasteiger partial charge in [-0.15, -0.1) is 0 Å². The molecule has 0 aliphatic carbocycles. The first-order valence-electron chi connectivity index (χ1n) is 5.17. The van der Waals surface area contributed by atoms with Crippen LogP contribution < -0.4 is 4.74 Å². The molecule has 2 aromatic rings. The second-order valence-electron chi connectivity index (χ2n) is 3.71. The van der Waals surface area contributed by atoms with Gasteiger partial charge in [-0.2, -0.15) is 0 Å². The molecule has 0 aliphatic rings. The van der Waals surface area contributed by atoms with Gasteiger partial charge in [0.05, 0.1) is 0 Å². The normalized spacial score (nSPS) is 12.4. The Hall–Kier alpha value is -1.28. The van der Waals surface area contributed by atoms with Crippen molar-refractivity contribution in [1.29, 1.82) is 0 Å². The molecule has 0 radical (unpaired) electrons. The summed E-state index contributed by atoms with van der Waals surface area (Å²) >= 11 is 3.46. The van der Waals surface area contributed by atoms with Gasteiger partial charge in [-0.1, -0.05) is 40.7 Å². The fourth-order valence-corrected chi connectivity index (χ4v) is 1.91. The van der Waals surface area contributed by atoms with Crippen molar-refractivity contribution in [2.24, 2.45) is 0 Å². The average Bonchev–Trinajstić information content (AvgIpc) is 2.29. The highest BCUT2D eigenvalue weighted by Gasteiger charge is 2.01. The largest absolute Gasteiger partial charge is 0.487 e. The van der Waals surface area contributed by atoms with Gasteiger partial charge in [0.15, 0.2) is 0 Å². The van der Waals surface area contributed by atoms with Crippen LogP contribution in [-0.4, -0.2) is 6.10 Å². The van der Waals surface area contributed by atoms with Crippen molar-refractivity contribution >= 4 is 26.7 Å². The highest BCUT2D eigenvalue weighted by molar-refractivity contribution is 9.10. The van der Waals surface area contributed by atoms with E-state index >= 15 is 0 Å². The van der Waals surface area contributed by atoms with Crippen molar-refractivity contribution in [3.63, 3.8) is 0 Å². The Morgan fingerprint density at radius 1 is 1.19 bits per heavy atom. The number of hydrogen-bond acceptors (Lipinski definition) is 1. The number of benzene rings is 2. The number of hydrogen-bond donors (Lipinski definition) is 0. The van der Waals surface area contributed by atoms with Gasteiger partial charge >= 0.3 is 0 Å². The number of halogens is 1. The molecule has 0 saturated heterocycles. The predicted octanol–water partition coefficient (Wildman–Crippen LogP) is 4.56. The van der Waals surface area contributed by atoms with E-state index in [0.29, 0.717) is 0 Å². The molecule has 0 saturated carbocycles. The summed E-state index contributed by atoms with van der Waals surface area (Å²) in [7, 11) is 0. The summed E-state index contributed by atoms with van der Waals surface area (Å²) < 4.78 is 6.76. The van der Waals surface area contributed by atoms with Gasteiger partial charge in [0, 0.05) is 4.47 Å². The maximum Gasteiger partial charge on any atom is 0.120 e. The van der Waals surface area contributed by atoms with Crippen LogP contribution in [0.15, 0.2) is 53.5 Å². The predicted molar refractivity (Wildman–Crippen MR) is 71.9 cm³/mol. The number of ether oxygens (including phenoxy) is 1. The van der Waals surface area contributed by atoms with Gasteiger partial charge in [0.25, 0.3) is 0 Å². The molecule has 0 heterocycles. The second-order valence-corrected chi connectivity index (χ2v) is 4.63. The second kappa shape index (κ2) is 4.71. The lowest BCUT2D eigenvalue weighted by Crippen LogP contribution is -2.06. The van der Waals surface area contributed by atoms with Gasteiger partial charge in [0.1, 0.15) is 11.9 Å². The monoisotopic (exact) mass is 276 g/mol. The Balaban J connectivity index is 2.36. The van der Waals surface area contributed by atoms with Crippen LogP contribution in [0.25, 0.3) is 10.8 Å². The Morgan fingerprint density at radius 2 is 1.88 bits per heavy atom. The minimum absolute atomic E-state index is 0.0351. The lowest BCUT2D eigenvalue weighted by molar-refractivity contribution is 0.270. The molecule has 2 aromatic carbocycles. The maximum absolute atomic E-state index is 5.67. The fraction of sp³-hybridized carbons (Fsp3) is 0.143. The van der Waals surface area contributed by atoms with Gasteiger partial charge < -0.3 is 4.74 Å². The zero-order chi connectivity index (χ0) is 11.5. The van der Waals surface area contributed by atoms with Crippen LogP contribution in [0.2, 0.25) is 0 Å². The van der Waals surface area contributed by atoms with E-state index in [2.05, 4.69) is 40.7 Å². The molecular formula is C14H13BrO. The number of fused-ring (bicyclic) bond motifs is 1. The molecule has 0 aliphatic heterocycles. The minimum Gasteiger partial charge on any atom is -0.487 e. The van der Waals surface area contributed by atoms with Crippen LogP contribution in [0.1, 0.15) is 6.92 Å². The summed E-state index contributed by atoms with van der Waals surface area (Å²) in [5.74, 6) is 0.877. The van der Waals surface area contributed by atoms with E-state index in [1.807, 2.05) is 25.1 Å². The van der Waals surface area contributed by atoms with E-state index in [9.17, 15) is 0 Å². The lowest BCUT2D eigenvalue weighted by atomic mass is 10.1. The topological polar surface area (TPSA) is 9.23 Å². The molecule has 0 amide bonds. The molecule has 1 atom stereocenters. The summed E-state index contributed by atoms with van der Waals surface area (Å²) in [5.41, 5.74) is 0. The van der Waals surface area contributed by atoms with Crippen LogP contribution in [0, 0.1) is 0 Å². The third-order valence-corrected chi connectivity index (χ3v) is 2.92. The van der Waals surface area contributed by atoms with Gasteiger partial charge in [-0.25, -0.2) is 0 Å². The summed E-state index contributed by atoms with van der Waals surface area (Å²) in [4.78, 5) is 0. The molecule has 0 bridgehead atoms. The van der Waals surface area contributed by atoms with Crippen LogP contribution in [-0.2, 0) is 0 Å². The summed E-state index contributed by atoms with van der Waals surface area (Å²) in [6.45, 7) is 5.67. The molecule has 2 heteroatoms. The molecular weight excluding hydrogens is 264 g/mol. The lowest BCUT2D eigenvalue weighted by Gasteiger charge is -2.11. The molecule has 2 rings (SSSR count). The molecule has 1 unspecified atom stereocenters. The highest BCUT2D eigenvalue weighted by Crippen LogP contribution is 2.24. The fourth-order valence-electron chi connectivity index (χ4n) is 1.53. The van der Waals surface area contributed by atoms with Crippen molar-refractivity contribution in [2.45, 2.75) is 13.0 Å². The van der Waals surface area contributed by atoms with Crippen molar-refractivity contribution in [1.82, 2.24) is 0 Å². The molecule has 0 N–H and O–H groups in total. The van der Waals surface area contributed by atoms with Crippen LogP contribution in [0.5, 0.6) is 5.75 Å². The first-order valence-corrected chi connectivity index (χ1v) is 5.97. The molecule has 1 nitrogen and oxygen atoms in total. The Labute approximate surface area is 104 Å². The minimum atomic E-state index is 0.0351. The van der Waals surface area contributed by atoms with Crippen LogP contribution >= 0.6 is 15.9 Å². The van der Waals surface area contributed by atoms with Crippen molar-refractivity contribution in [3.05, 3.63) is 53.5 Å². The average molecular weight is 277 g/mol. The summed E-state index contributed by atoms with van der Waals surface area (Å²) in [6.07, 6.45) is 1.82. The Bertz CT molecular complexity index is 519. The standard InChI is InChI=1S/C14H13BrO/c1-3-10(2)16-14-7-5-11-8-13(15)6-4-12(11)9-14/h3-10H,1H2,2H3. The van der Waals surface area contributed by atoms with E-state index in [-0.39, 0.29) is 6.10 Å². The molecule has 16 heavy (non-hydrogen) atoms. The van der Waals surface area contributed by atoms with Gasteiger partial charge in [0.2, 0.25) is 0 Å². The third-order valence-electron chi connectivity index (χ3n) is 2.43. The SMILES string of the molecule is C=CC(C)Oc1ccc2cc(Br)ccc2c1. The molecule has 0 fully saturated rings. The Kier molecular flexibility index (Phi) is 3.30. The van der Waals surface area contributed by atoms with E-state index < -0.39 is 0 Å². The van der Waals surface area contributed by atoms with Crippen LogP contribution in [0.4, 0.5) is 0 Å². The van der Waals surface area contributed by atoms with E-state index in [4.69, 9.17) is 4.74 Å². The molecule has 0 aromatic heterocycles. The summed E-state index contributed by atoms with van der Waals surface area (Å²) in [6, 6.07) is 12.3. The maximum atomic E-state index is 5.67. The smallest absolute Gasteiger partial charge is 0.120 e. The Morgan fingerprint density at radius 3 is 2.62 bits per heavy atom.